The summed E-state index contributed by atoms with van der Waals surface area (Å²) in [6.45, 7) is 4.65. The van der Waals surface area contributed by atoms with Gasteiger partial charge in [-0.3, -0.25) is 18.9 Å². The number of aliphatic carboxylic acids is 1. The van der Waals surface area contributed by atoms with Crippen LogP contribution in [0.2, 0.25) is 0 Å². The van der Waals surface area contributed by atoms with Crippen LogP contribution >= 0.6 is 18.4 Å². The van der Waals surface area contributed by atoms with E-state index in [1.807, 2.05) is 30.3 Å². The molecule has 0 heterocycles. The first-order valence-corrected chi connectivity index (χ1v) is 11.6. The molecule has 3 unspecified atom stereocenters. The summed E-state index contributed by atoms with van der Waals surface area (Å²) in [6, 6.07) is 7.49. The Labute approximate surface area is 209 Å². The average Bonchev–Trinajstić information content (AvgIpc) is 2.83. The van der Waals surface area contributed by atoms with Gasteiger partial charge < -0.3 is 36.5 Å². The number of ether oxygens (including phenoxy) is 3. The molecule has 0 aliphatic rings. The van der Waals surface area contributed by atoms with Gasteiger partial charge in [0.1, 0.15) is 6.04 Å². The summed E-state index contributed by atoms with van der Waals surface area (Å²) in [7, 11) is 4.89. The standard InChI is InChI=1S/C11H15NO2.C10H18N2O6.H3NP2/c1-2-14-11(13)10(12)8-9-6-4-3-5-7-9;1-3-10(9(15)16,18-6(13)5-11)7(12)8(14)17-4-2;2-1-3/h3-7,10H,2,8,12H2,1H3;7H,3-5,11-12H2,1-2H3,(H,15,16);2H,3H2/t10-;;/m0../s1. The van der Waals surface area contributed by atoms with Crippen molar-refractivity contribution in [3.8, 4) is 0 Å². The van der Waals surface area contributed by atoms with E-state index in [9.17, 15) is 19.2 Å². The van der Waals surface area contributed by atoms with Gasteiger partial charge in [-0.25, -0.2) is 4.79 Å². The topological polar surface area (TPSA) is 207 Å². The maximum Gasteiger partial charge on any atom is 0.350 e. The Morgan fingerprint density at radius 1 is 1.06 bits per heavy atom. The molecule has 198 valence electrons. The molecule has 0 aliphatic heterocycles. The largest absolute Gasteiger partial charge is 0.478 e. The molecule has 14 heteroatoms. The molecule has 0 saturated carbocycles. The van der Waals surface area contributed by atoms with Crippen molar-refractivity contribution in [2.24, 2.45) is 21.7 Å². The van der Waals surface area contributed by atoms with Crippen LogP contribution in [0, 0.1) is 0 Å². The van der Waals surface area contributed by atoms with Crippen molar-refractivity contribution in [1.29, 1.82) is 0 Å². The van der Waals surface area contributed by atoms with Crippen molar-refractivity contribution in [2.45, 2.75) is 51.3 Å². The zero-order valence-electron chi connectivity index (χ0n) is 20.1. The van der Waals surface area contributed by atoms with E-state index in [0.717, 1.165) is 5.56 Å². The number of carboxylic acids is 1. The van der Waals surface area contributed by atoms with Crippen molar-refractivity contribution >= 4 is 42.3 Å². The van der Waals surface area contributed by atoms with Crippen molar-refractivity contribution in [1.82, 2.24) is 0 Å². The first-order valence-electron chi connectivity index (χ1n) is 10.6. The molecule has 0 aromatic heterocycles. The summed E-state index contributed by atoms with van der Waals surface area (Å²) in [6.07, 6.45) is 0.341. The maximum atomic E-state index is 11.5. The fourth-order valence-electron chi connectivity index (χ4n) is 2.55. The first-order chi connectivity index (χ1) is 16.5. The van der Waals surface area contributed by atoms with Crippen LogP contribution < -0.4 is 17.2 Å². The molecule has 7 N–H and O–H groups in total. The van der Waals surface area contributed by atoms with Crippen molar-refractivity contribution in [3.05, 3.63) is 35.9 Å². The van der Waals surface area contributed by atoms with Gasteiger partial charge in [0.2, 0.25) is 5.60 Å². The van der Waals surface area contributed by atoms with Crippen LogP contribution in [0.5, 0.6) is 0 Å². The number of rotatable bonds is 11. The molecule has 0 radical (unpaired) electrons. The molecule has 0 bridgehead atoms. The van der Waals surface area contributed by atoms with Gasteiger partial charge in [-0.1, -0.05) is 37.3 Å². The SMILES string of the molecule is CCOC(=O)C(N)C(CC)(OC(=O)CN)C(=O)O.CCOC(=O)[C@@H](N)Cc1ccccc1.P=NP. The van der Waals surface area contributed by atoms with Gasteiger partial charge >= 0.3 is 23.9 Å². The third kappa shape index (κ3) is 13.2. The third-order valence-electron chi connectivity index (χ3n) is 4.28. The van der Waals surface area contributed by atoms with Crippen molar-refractivity contribution in [3.63, 3.8) is 0 Å². The third-order valence-corrected chi connectivity index (χ3v) is 4.28. The van der Waals surface area contributed by atoms with E-state index >= 15 is 0 Å². The molecule has 12 nitrogen and oxygen atoms in total. The van der Waals surface area contributed by atoms with Gasteiger partial charge in [0.05, 0.1) is 19.8 Å². The summed E-state index contributed by atoms with van der Waals surface area (Å²) in [4.78, 5) is 45.1. The second kappa shape index (κ2) is 19.8. The number of hydrogen-bond acceptors (Lipinski definition) is 11. The molecule has 0 fully saturated rings. The lowest BCUT2D eigenvalue weighted by atomic mass is 9.91. The predicted molar refractivity (Wildman–Crippen MR) is 136 cm³/mol. The smallest absolute Gasteiger partial charge is 0.350 e. The molecular weight excluding hydrogens is 498 g/mol. The maximum absolute atomic E-state index is 11.5. The van der Waals surface area contributed by atoms with E-state index in [-0.39, 0.29) is 19.0 Å². The van der Waals surface area contributed by atoms with Crippen LogP contribution in [0.25, 0.3) is 0 Å². The minimum absolute atomic E-state index is 0.0385. The second-order valence-electron chi connectivity index (χ2n) is 6.63. The fourth-order valence-corrected chi connectivity index (χ4v) is 2.55. The van der Waals surface area contributed by atoms with Crippen LogP contribution in [-0.4, -0.2) is 66.4 Å². The lowest BCUT2D eigenvalue weighted by Crippen LogP contribution is -2.60. The quantitative estimate of drug-likeness (QED) is 0.178. The molecular formula is C21H36N4O8P2. The highest BCUT2D eigenvalue weighted by Crippen LogP contribution is 2.21. The van der Waals surface area contributed by atoms with E-state index in [1.54, 1.807) is 13.8 Å². The van der Waals surface area contributed by atoms with Gasteiger partial charge in [0.15, 0.2) is 6.04 Å². The number of carboxylic acid groups (broad SMARTS) is 1. The van der Waals surface area contributed by atoms with Gasteiger partial charge in [-0.05, 0) is 50.7 Å². The zero-order chi connectivity index (χ0) is 27.4. The number of esters is 3. The van der Waals surface area contributed by atoms with Gasteiger partial charge in [-0.2, -0.15) is 0 Å². The lowest BCUT2D eigenvalue weighted by Gasteiger charge is -2.31. The average molecular weight is 534 g/mol. The zero-order valence-corrected chi connectivity index (χ0v) is 22.3. The van der Waals surface area contributed by atoms with Crippen LogP contribution in [0.3, 0.4) is 0 Å². The van der Waals surface area contributed by atoms with Crippen LogP contribution in [0.15, 0.2) is 34.8 Å². The predicted octanol–water partition coefficient (Wildman–Crippen LogP) is 0.835. The van der Waals surface area contributed by atoms with Crippen molar-refractivity contribution < 1.29 is 38.5 Å². The van der Waals surface area contributed by atoms with Crippen LogP contribution in [0.4, 0.5) is 0 Å². The highest BCUT2D eigenvalue weighted by molar-refractivity contribution is 7.23. The van der Waals surface area contributed by atoms with Gasteiger partial charge in [0.25, 0.3) is 0 Å². The van der Waals surface area contributed by atoms with E-state index in [1.165, 1.54) is 6.92 Å². The number of nitrogens with two attached hydrogens (primary N) is 3. The Morgan fingerprint density at radius 3 is 1.94 bits per heavy atom. The molecule has 0 aliphatic carbocycles. The highest BCUT2D eigenvalue weighted by atomic mass is 31.1. The minimum Gasteiger partial charge on any atom is -0.478 e. The number of benzene rings is 1. The molecule has 0 spiro atoms. The first kappa shape index (κ1) is 34.7. The second-order valence-corrected chi connectivity index (χ2v) is 7.67. The summed E-state index contributed by atoms with van der Waals surface area (Å²) in [5.74, 6) is -3.77. The Morgan fingerprint density at radius 2 is 1.54 bits per heavy atom. The number of hydrogen-bond donors (Lipinski definition) is 4. The molecule has 4 atom stereocenters. The van der Waals surface area contributed by atoms with E-state index in [2.05, 4.69) is 27.7 Å². The monoisotopic (exact) mass is 534 g/mol. The minimum atomic E-state index is -2.16. The molecule has 1 rings (SSSR count). The van der Waals surface area contributed by atoms with Crippen LogP contribution in [0.1, 0.15) is 32.8 Å². The Kier molecular flexibility index (Phi) is 19.6. The molecule has 0 amide bonds. The van der Waals surface area contributed by atoms with E-state index in [4.69, 9.17) is 31.8 Å². The summed E-state index contributed by atoms with van der Waals surface area (Å²) >= 11 is 0. The van der Waals surface area contributed by atoms with Gasteiger partial charge in [0, 0.05) is 0 Å². The Hall–Kier alpha value is -2.49. The molecule has 1 aromatic carbocycles. The number of nitrogens with zero attached hydrogens (tertiary/aromatic N) is 1. The number of carbonyl (C=O) groups is 4. The van der Waals surface area contributed by atoms with Crippen LogP contribution in [-0.2, 0) is 39.8 Å². The van der Waals surface area contributed by atoms with E-state index < -0.39 is 42.1 Å². The molecule has 35 heavy (non-hydrogen) atoms. The van der Waals surface area contributed by atoms with E-state index in [0.29, 0.717) is 13.0 Å². The molecule has 0 saturated heterocycles. The summed E-state index contributed by atoms with van der Waals surface area (Å²) in [5.41, 5.74) is 15.1. The number of carbonyl (C=O) groups excluding carboxylic acids is 3. The fraction of sp³-hybridized carbons (Fsp3) is 0.524. The normalized spacial score (nSPS) is 13.1. The Balaban J connectivity index is 0. The van der Waals surface area contributed by atoms with Gasteiger partial charge in [-0.15, -0.1) is 0 Å². The Bertz CT molecular complexity index is 801. The summed E-state index contributed by atoms with van der Waals surface area (Å²) in [5, 5.41) is 9.15. The lowest BCUT2D eigenvalue weighted by molar-refractivity contribution is -0.186. The summed E-state index contributed by atoms with van der Waals surface area (Å²) < 4.78 is 17.4. The molecule has 1 aromatic rings. The highest BCUT2D eigenvalue weighted by Gasteiger charge is 2.51. The van der Waals surface area contributed by atoms with Crippen molar-refractivity contribution in [2.75, 3.05) is 19.8 Å².